The number of rotatable bonds is 6. The lowest BCUT2D eigenvalue weighted by Crippen LogP contribution is -2.39. The van der Waals surface area contributed by atoms with Crippen molar-refractivity contribution in [3.63, 3.8) is 0 Å². The molecule has 1 aromatic heterocycles. The van der Waals surface area contributed by atoms with Crippen molar-refractivity contribution in [3.8, 4) is 0 Å². The highest BCUT2D eigenvalue weighted by molar-refractivity contribution is 5.93. The number of carbonyl (C=O) groups excluding carboxylic acids is 1. The topological polar surface area (TPSA) is 71.3 Å². The minimum atomic E-state index is -0.864. The predicted octanol–water partition coefficient (Wildman–Crippen LogP) is 2.05. The van der Waals surface area contributed by atoms with Gasteiger partial charge in [0.1, 0.15) is 5.69 Å². The Hall–Kier alpha value is -1.78. The van der Waals surface area contributed by atoms with Crippen molar-refractivity contribution in [3.05, 3.63) is 24.0 Å². The fourth-order valence-corrected chi connectivity index (χ4v) is 2.30. The van der Waals surface area contributed by atoms with Gasteiger partial charge in [0.2, 0.25) is 0 Å². The second kappa shape index (κ2) is 5.47. The van der Waals surface area contributed by atoms with Crippen LogP contribution in [-0.4, -0.2) is 27.6 Å². The van der Waals surface area contributed by atoms with Crippen LogP contribution in [0.2, 0.25) is 0 Å². The maximum absolute atomic E-state index is 12.2. The summed E-state index contributed by atoms with van der Waals surface area (Å²) in [6.07, 6.45) is 3.87. The molecule has 0 bridgehead atoms. The first kappa shape index (κ1) is 13.6. The van der Waals surface area contributed by atoms with Crippen LogP contribution >= 0.6 is 0 Å². The molecule has 5 heteroatoms. The molecule has 19 heavy (non-hydrogen) atoms. The Balaban J connectivity index is 2.06. The van der Waals surface area contributed by atoms with Gasteiger partial charge in [-0.3, -0.25) is 9.59 Å². The van der Waals surface area contributed by atoms with E-state index in [1.165, 1.54) is 0 Å². The van der Waals surface area contributed by atoms with Gasteiger partial charge in [-0.15, -0.1) is 0 Å². The molecule has 0 radical (unpaired) electrons. The predicted molar refractivity (Wildman–Crippen MR) is 71.0 cm³/mol. The van der Waals surface area contributed by atoms with Crippen LogP contribution in [-0.2, 0) is 4.79 Å². The first-order valence-corrected chi connectivity index (χ1v) is 6.68. The Labute approximate surface area is 112 Å². The van der Waals surface area contributed by atoms with E-state index in [-0.39, 0.29) is 24.4 Å². The number of nitrogens with zero attached hydrogens (tertiary/aromatic N) is 1. The monoisotopic (exact) mass is 264 g/mol. The Morgan fingerprint density at radius 3 is 2.68 bits per heavy atom. The lowest BCUT2D eigenvalue weighted by Gasteiger charge is -2.18. The van der Waals surface area contributed by atoms with Gasteiger partial charge in [0, 0.05) is 18.3 Å². The van der Waals surface area contributed by atoms with Gasteiger partial charge in [-0.05, 0) is 44.7 Å². The maximum Gasteiger partial charge on any atom is 0.305 e. The van der Waals surface area contributed by atoms with Crippen LogP contribution in [0, 0.1) is 5.92 Å². The van der Waals surface area contributed by atoms with Crippen LogP contribution in [0.4, 0.5) is 0 Å². The minimum absolute atomic E-state index is 0.00120. The van der Waals surface area contributed by atoms with Crippen LogP contribution in [0.1, 0.15) is 49.6 Å². The van der Waals surface area contributed by atoms with E-state index < -0.39 is 5.97 Å². The van der Waals surface area contributed by atoms with Gasteiger partial charge in [-0.25, -0.2) is 0 Å². The van der Waals surface area contributed by atoms with Crippen molar-refractivity contribution in [1.82, 2.24) is 9.88 Å². The summed E-state index contributed by atoms with van der Waals surface area (Å²) < 4.78 is 1.89. The van der Waals surface area contributed by atoms with Gasteiger partial charge in [-0.2, -0.15) is 0 Å². The summed E-state index contributed by atoms with van der Waals surface area (Å²) in [5.74, 6) is -0.726. The molecule has 1 aliphatic rings. The molecule has 104 valence electrons. The molecule has 0 saturated heterocycles. The molecule has 1 heterocycles. The third-order valence-electron chi connectivity index (χ3n) is 3.47. The quantitative estimate of drug-likeness (QED) is 0.826. The molecule has 1 atom stereocenters. The van der Waals surface area contributed by atoms with E-state index in [4.69, 9.17) is 5.11 Å². The van der Waals surface area contributed by atoms with Crippen LogP contribution < -0.4 is 5.32 Å². The summed E-state index contributed by atoms with van der Waals surface area (Å²) in [5, 5.41) is 11.8. The number of carbonyl (C=O) groups is 2. The Kier molecular flexibility index (Phi) is 3.93. The average molecular weight is 264 g/mol. The molecule has 1 saturated carbocycles. The van der Waals surface area contributed by atoms with Crippen LogP contribution in [0.25, 0.3) is 0 Å². The highest BCUT2D eigenvalue weighted by atomic mass is 16.4. The van der Waals surface area contributed by atoms with Gasteiger partial charge < -0.3 is 15.0 Å². The molecule has 5 nitrogen and oxygen atoms in total. The number of hydrogen-bond donors (Lipinski definition) is 2. The molecule has 0 spiro atoms. The zero-order valence-electron chi connectivity index (χ0n) is 11.3. The summed E-state index contributed by atoms with van der Waals surface area (Å²) in [6, 6.07) is 3.55. The summed E-state index contributed by atoms with van der Waals surface area (Å²) in [4.78, 5) is 23.1. The Bertz CT molecular complexity index is 475. The van der Waals surface area contributed by atoms with Gasteiger partial charge in [0.25, 0.3) is 5.91 Å². The molecule has 2 rings (SSSR count). The molecule has 1 fully saturated rings. The van der Waals surface area contributed by atoms with Crippen LogP contribution in [0.5, 0.6) is 0 Å². The van der Waals surface area contributed by atoms with Crippen molar-refractivity contribution in [2.45, 2.75) is 45.2 Å². The second-order valence-electron chi connectivity index (χ2n) is 5.41. The van der Waals surface area contributed by atoms with E-state index in [1.807, 2.05) is 30.7 Å². The molecule has 1 unspecified atom stereocenters. The largest absolute Gasteiger partial charge is 0.481 e. The summed E-state index contributed by atoms with van der Waals surface area (Å²) in [5.41, 5.74) is 0.589. The number of aromatic nitrogens is 1. The lowest BCUT2D eigenvalue weighted by atomic mass is 10.1. The molecule has 1 aliphatic carbocycles. The van der Waals surface area contributed by atoms with Crippen molar-refractivity contribution in [2.24, 2.45) is 5.92 Å². The Morgan fingerprint density at radius 2 is 2.16 bits per heavy atom. The first-order chi connectivity index (χ1) is 8.99. The van der Waals surface area contributed by atoms with Gasteiger partial charge >= 0.3 is 5.97 Å². The van der Waals surface area contributed by atoms with Gasteiger partial charge in [0.15, 0.2) is 0 Å². The third-order valence-corrected chi connectivity index (χ3v) is 3.47. The number of carboxylic acids is 1. The highest BCUT2D eigenvalue weighted by Crippen LogP contribution is 2.34. The zero-order chi connectivity index (χ0) is 14.0. The number of carboxylic acid groups (broad SMARTS) is 1. The molecular weight excluding hydrogens is 244 g/mol. The first-order valence-electron chi connectivity index (χ1n) is 6.68. The van der Waals surface area contributed by atoms with Crippen molar-refractivity contribution < 1.29 is 14.7 Å². The second-order valence-corrected chi connectivity index (χ2v) is 5.41. The van der Waals surface area contributed by atoms with Gasteiger partial charge in [-0.1, -0.05) is 0 Å². The van der Waals surface area contributed by atoms with E-state index in [0.717, 1.165) is 12.8 Å². The van der Waals surface area contributed by atoms with E-state index in [9.17, 15) is 9.59 Å². The highest BCUT2D eigenvalue weighted by Gasteiger charge is 2.34. The van der Waals surface area contributed by atoms with Crippen LogP contribution in [0.15, 0.2) is 18.3 Å². The summed E-state index contributed by atoms with van der Waals surface area (Å²) >= 11 is 0. The van der Waals surface area contributed by atoms with Crippen molar-refractivity contribution in [2.75, 3.05) is 0 Å². The van der Waals surface area contributed by atoms with Crippen molar-refractivity contribution in [1.29, 1.82) is 0 Å². The van der Waals surface area contributed by atoms with E-state index in [0.29, 0.717) is 11.6 Å². The molecule has 0 aromatic carbocycles. The molecule has 2 N–H and O–H groups in total. The van der Waals surface area contributed by atoms with E-state index in [1.54, 1.807) is 6.07 Å². The fraction of sp³-hybridized carbons (Fsp3) is 0.571. The lowest BCUT2D eigenvalue weighted by molar-refractivity contribution is -0.137. The smallest absolute Gasteiger partial charge is 0.305 e. The summed E-state index contributed by atoms with van der Waals surface area (Å²) in [6.45, 7) is 4.01. The fourth-order valence-electron chi connectivity index (χ4n) is 2.30. The van der Waals surface area contributed by atoms with Crippen molar-refractivity contribution >= 4 is 11.9 Å². The average Bonchev–Trinajstić information content (AvgIpc) is 3.03. The van der Waals surface area contributed by atoms with Gasteiger partial charge in [0.05, 0.1) is 6.42 Å². The molecule has 1 aromatic rings. The SMILES string of the molecule is CC(C)n1cccc1C(=O)NC(CC(=O)O)C1CC1. The standard InChI is InChI=1S/C14H20N2O3/c1-9(2)16-7-3-4-12(16)14(19)15-11(8-13(17)18)10-5-6-10/h3-4,7,9-11H,5-6,8H2,1-2H3,(H,15,19)(H,17,18). The molecule has 0 aliphatic heterocycles. The summed E-state index contributed by atoms with van der Waals surface area (Å²) in [7, 11) is 0. The van der Waals surface area contributed by atoms with E-state index >= 15 is 0 Å². The van der Waals surface area contributed by atoms with E-state index in [2.05, 4.69) is 5.32 Å². The molecule has 1 amide bonds. The number of aliphatic carboxylic acids is 1. The zero-order valence-corrected chi connectivity index (χ0v) is 11.3. The normalized spacial score (nSPS) is 16.4. The molecular formula is C14H20N2O3. The number of nitrogens with one attached hydrogen (secondary N) is 1. The maximum atomic E-state index is 12.2. The number of hydrogen-bond acceptors (Lipinski definition) is 2. The van der Waals surface area contributed by atoms with Crippen LogP contribution in [0.3, 0.4) is 0 Å². The Morgan fingerprint density at radius 1 is 1.47 bits per heavy atom. The number of amides is 1. The minimum Gasteiger partial charge on any atom is -0.481 e. The third kappa shape index (κ3) is 3.36.